The molecule has 2 amide bonds. The second-order valence-electron chi connectivity index (χ2n) is 7.16. The third-order valence-electron chi connectivity index (χ3n) is 4.96. The number of carbonyl (C=O) groups excluding carboxylic acids is 3. The summed E-state index contributed by atoms with van der Waals surface area (Å²) in [5.41, 5.74) is 0.369. The molecular formula is C22H23N3O6. The highest BCUT2D eigenvalue weighted by molar-refractivity contribution is 5.96. The Morgan fingerprint density at radius 1 is 1.03 bits per heavy atom. The average Bonchev–Trinajstić information content (AvgIpc) is 2.81. The van der Waals surface area contributed by atoms with Crippen LogP contribution in [0.15, 0.2) is 54.6 Å². The van der Waals surface area contributed by atoms with E-state index in [-0.39, 0.29) is 17.2 Å². The number of carbonyl (C=O) groups is 3. The zero-order valence-electron chi connectivity index (χ0n) is 16.9. The van der Waals surface area contributed by atoms with E-state index in [1.165, 1.54) is 18.2 Å². The van der Waals surface area contributed by atoms with Crippen molar-refractivity contribution in [3.8, 4) is 0 Å². The number of non-ortho nitro benzene ring substituents is 1. The lowest BCUT2D eigenvalue weighted by molar-refractivity contribution is -0.384. The number of amides is 2. The van der Waals surface area contributed by atoms with E-state index >= 15 is 0 Å². The van der Waals surface area contributed by atoms with Crippen LogP contribution in [0.1, 0.15) is 41.3 Å². The highest BCUT2D eigenvalue weighted by Gasteiger charge is 2.30. The van der Waals surface area contributed by atoms with Crippen molar-refractivity contribution in [3.05, 3.63) is 75.8 Å². The number of nitro groups is 1. The number of rotatable bonds is 7. The third kappa shape index (κ3) is 5.88. The van der Waals surface area contributed by atoms with Crippen LogP contribution in [-0.4, -0.2) is 47.2 Å². The van der Waals surface area contributed by atoms with Gasteiger partial charge < -0.3 is 15.0 Å². The maximum atomic E-state index is 13.0. The minimum absolute atomic E-state index is 0.0472. The van der Waals surface area contributed by atoms with Crippen LogP contribution >= 0.6 is 0 Å². The van der Waals surface area contributed by atoms with Crippen molar-refractivity contribution < 1.29 is 24.0 Å². The molecular weight excluding hydrogens is 402 g/mol. The van der Waals surface area contributed by atoms with E-state index in [2.05, 4.69) is 5.32 Å². The molecule has 1 heterocycles. The number of likely N-dealkylation sites (tertiary alicyclic amines) is 1. The molecule has 31 heavy (non-hydrogen) atoms. The van der Waals surface area contributed by atoms with Gasteiger partial charge in [-0.15, -0.1) is 0 Å². The molecule has 162 valence electrons. The van der Waals surface area contributed by atoms with Crippen LogP contribution in [0.25, 0.3) is 0 Å². The standard InChI is InChI=1S/C22H23N3O6/c26-19(15-23-21(27)17-10-7-11-18(14-17)25(29)30)31-20(16-8-3-1-4-9-16)22(28)24-12-5-2-6-13-24/h1,3-4,7-11,14,20H,2,5-6,12-13,15H2,(H,23,27). The second-order valence-corrected chi connectivity index (χ2v) is 7.16. The quantitative estimate of drug-likeness (QED) is 0.414. The van der Waals surface area contributed by atoms with Crippen molar-refractivity contribution in [2.45, 2.75) is 25.4 Å². The molecule has 2 aromatic rings. The first-order chi connectivity index (χ1) is 15.0. The molecule has 1 atom stereocenters. The fraction of sp³-hybridized carbons (Fsp3) is 0.318. The van der Waals surface area contributed by atoms with Gasteiger partial charge in [-0.2, -0.15) is 0 Å². The minimum Gasteiger partial charge on any atom is -0.446 e. The van der Waals surface area contributed by atoms with E-state index in [0.29, 0.717) is 18.7 Å². The number of hydrogen-bond donors (Lipinski definition) is 1. The van der Waals surface area contributed by atoms with Crippen LogP contribution in [0.2, 0.25) is 0 Å². The summed E-state index contributed by atoms with van der Waals surface area (Å²) in [4.78, 5) is 49.6. The fourth-order valence-electron chi connectivity index (χ4n) is 3.36. The van der Waals surface area contributed by atoms with E-state index in [1.54, 1.807) is 35.2 Å². The molecule has 9 nitrogen and oxygen atoms in total. The SMILES string of the molecule is O=C(CNC(=O)c1cccc([N+](=O)[O-])c1)OC(C(=O)N1CCCCC1)c1ccccc1. The number of benzene rings is 2. The summed E-state index contributed by atoms with van der Waals surface area (Å²) >= 11 is 0. The predicted octanol–water partition coefficient (Wildman–Crippen LogP) is 2.62. The Bertz CT molecular complexity index is 957. The lowest BCUT2D eigenvalue weighted by atomic mass is 10.1. The van der Waals surface area contributed by atoms with Gasteiger partial charge in [-0.1, -0.05) is 36.4 Å². The minimum atomic E-state index is -1.10. The normalized spacial score (nSPS) is 14.4. The molecule has 9 heteroatoms. The van der Waals surface area contributed by atoms with Gasteiger partial charge in [-0.3, -0.25) is 24.5 Å². The second kappa shape index (κ2) is 10.3. The molecule has 1 N–H and O–H groups in total. The number of nitrogens with zero attached hydrogens (tertiary/aromatic N) is 2. The van der Waals surface area contributed by atoms with Gasteiger partial charge in [-0.05, 0) is 25.3 Å². The summed E-state index contributed by atoms with van der Waals surface area (Å²) in [6.45, 7) is 0.755. The largest absolute Gasteiger partial charge is 0.446 e. The van der Waals surface area contributed by atoms with Gasteiger partial charge in [0.05, 0.1) is 4.92 Å². The molecule has 0 saturated carbocycles. The smallest absolute Gasteiger partial charge is 0.326 e. The molecule has 2 aromatic carbocycles. The third-order valence-corrected chi connectivity index (χ3v) is 4.96. The molecule has 1 saturated heterocycles. The van der Waals surface area contributed by atoms with E-state index in [0.717, 1.165) is 25.3 Å². The first-order valence-electron chi connectivity index (χ1n) is 10.0. The van der Waals surface area contributed by atoms with E-state index < -0.39 is 29.4 Å². The number of nitro benzene ring substituents is 1. The maximum absolute atomic E-state index is 13.0. The lowest BCUT2D eigenvalue weighted by Crippen LogP contribution is -2.41. The molecule has 1 unspecified atom stereocenters. The Kier molecular flexibility index (Phi) is 7.31. The van der Waals surface area contributed by atoms with Crippen LogP contribution in [0.3, 0.4) is 0 Å². The van der Waals surface area contributed by atoms with Gasteiger partial charge in [0.15, 0.2) is 0 Å². The lowest BCUT2D eigenvalue weighted by Gasteiger charge is -2.30. The van der Waals surface area contributed by atoms with Crippen molar-refractivity contribution in [1.29, 1.82) is 0 Å². The molecule has 0 spiro atoms. The van der Waals surface area contributed by atoms with Crippen molar-refractivity contribution in [3.63, 3.8) is 0 Å². The molecule has 0 aliphatic carbocycles. The Morgan fingerprint density at radius 2 is 1.74 bits per heavy atom. The Hall–Kier alpha value is -3.75. The van der Waals surface area contributed by atoms with Crippen LogP contribution in [0.4, 0.5) is 5.69 Å². The van der Waals surface area contributed by atoms with Gasteiger partial charge in [0.2, 0.25) is 6.10 Å². The van der Waals surface area contributed by atoms with Gasteiger partial charge in [0, 0.05) is 36.3 Å². The Labute approximate surface area is 179 Å². The predicted molar refractivity (Wildman–Crippen MR) is 111 cm³/mol. The number of nitrogens with one attached hydrogen (secondary N) is 1. The van der Waals surface area contributed by atoms with Crippen molar-refractivity contribution in [2.24, 2.45) is 0 Å². The van der Waals surface area contributed by atoms with E-state index in [4.69, 9.17) is 4.74 Å². The van der Waals surface area contributed by atoms with Crippen LogP contribution in [0.5, 0.6) is 0 Å². The highest BCUT2D eigenvalue weighted by atomic mass is 16.6. The molecule has 1 aliphatic rings. The summed E-state index contributed by atoms with van der Waals surface area (Å²) in [7, 11) is 0. The highest BCUT2D eigenvalue weighted by Crippen LogP contribution is 2.22. The number of ether oxygens (including phenoxy) is 1. The Morgan fingerprint density at radius 3 is 2.42 bits per heavy atom. The van der Waals surface area contributed by atoms with Crippen molar-refractivity contribution in [1.82, 2.24) is 10.2 Å². The topological polar surface area (TPSA) is 119 Å². The Balaban J connectivity index is 1.65. The van der Waals surface area contributed by atoms with E-state index in [1.807, 2.05) is 0 Å². The number of piperidine rings is 1. The average molecular weight is 425 g/mol. The molecule has 3 rings (SSSR count). The number of esters is 1. The molecule has 0 aromatic heterocycles. The van der Waals surface area contributed by atoms with Crippen molar-refractivity contribution in [2.75, 3.05) is 19.6 Å². The van der Waals surface area contributed by atoms with Crippen LogP contribution in [0, 0.1) is 10.1 Å². The van der Waals surface area contributed by atoms with E-state index in [9.17, 15) is 24.5 Å². The van der Waals surface area contributed by atoms with Crippen molar-refractivity contribution >= 4 is 23.5 Å². The molecule has 1 aliphatic heterocycles. The molecule has 0 radical (unpaired) electrons. The summed E-state index contributed by atoms with van der Waals surface area (Å²) in [5, 5.41) is 13.2. The first-order valence-corrected chi connectivity index (χ1v) is 10.0. The summed E-state index contributed by atoms with van der Waals surface area (Å²) in [6, 6.07) is 13.9. The molecule has 0 bridgehead atoms. The van der Waals surface area contributed by atoms with Crippen LogP contribution < -0.4 is 5.32 Å². The summed E-state index contributed by atoms with van der Waals surface area (Å²) in [6.07, 6.45) is 1.77. The zero-order valence-corrected chi connectivity index (χ0v) is 16.9. The van der Waals surface area contributed by atoms with Gasteiger partial charge in [0.25, 0.3) is 17.5 Å². The summed E-state index contributed by atoms with van der Waals surface area (Å²) in [5.74, 6) is -1.72. The van der Waals surface area contributed by atoms with Gasteiger partial charge in [-0.25, -0.2) is 0 Å². The zero-order chi connectivity index (χ0) is 22.2. The first kappa shape index (κ1) is 21.9. The number of hydrogen-bond acceptors (Lipinski definition) is 6. The molecule has 1 fully saturated rings. The van der Waals surface area contributed by atoms with Gasteiger partial charge in [0.1, 0.15) is 6.54 Å². The van der Waals surface area contributed by atoms with Crippen LogP contribution in [-0.2, 0) is 14.3 Å². The maximum Gasteiger partial charge on any atom is 0.326 e. The fourth-order valence-corrected chi connectivity index (χ4v) is 3.36. The van der Waals surface area contributed by atoms with Gasteiger partial charge >= 0.3 is 5.97 Å². The monoisotopic (exact) mass is 425 g/mol. The summed E-state index contributed by atoms with van der Waals surface area (Å²) < 4.78 is 5.45.